The number of aromatic nitrogens is 1. The Morgan fingerprint density at radius 2 is 1.89 bits per heavy atom. The summed E-state index contributed by atoms with van der Waals surface area (Å²) in [6.45, 7) is 2.30. The highest BCUT2D eigenvalue weighted by Crippen LogP contribution is 2.32. The van der Waals surface area contributed by atoms with Crippen molar-refractivity contribution in [3.05, 3.63) is 71.1 Å². The Morgan fingerprint density at radius 1 is 1.11 bits per heavy atom. The molecule has 3 aromatic rings. The van der Waals surface area contributed by atoms with E-state index in [4.69, 9.17) is 9.15 Å². The van der Waals surface area contributed by atoms with Crippen LogP contribution in [0.1, 0.15) is 38.6 Å². The van der Waals surface area contributed by atoms with Gasteiger partial charge in [-0.3, -0.25) is 4.79 Å². The predicted octanol–water partition coefficient (Wildman–Crippen LogP) is 4.03. The number of carbonyl (C=O) groups is 2. The first-order valence-corrected chi connectivity index (χ1v) is 9.15. The lowest BCUT2D eigenvalue weighted by molar-refractivity contribution is 0.0599. The monoisotopic (exact) mass is 376 g/mol. The maximum atomic E-state index is 13.3. The number of amides is 1. The molecule has 2 heterocycles. The molecular formula is C22H20N2O4. The SMILES string of the molecule is COC(=O)c1cccc2c1CCCN2C(=O)c1nc(-c2ccccc2)oc1C. The summed E-state index contributed by atoms with van der Waals surface area (Å²) in [7, 11) is 1.36. The van der Waals surface area contributed by atoms with Crippen LogP contribution in [0.15, 0.2) is 52.9 Å². The van der Waals surface area contributed by atoms with E-state index in [-0.39, 0.29) is 11.6 Å². The Kier molecular flexibility index (Phi) is 4.69. The first kappa shape index (κ1) is 18.0. The van der Waals surface area contributed by atoms with E-state index in [9.17, 15) is 9.59 Å². The minimum absolute atomic E-state index is 0.230. The summed E-state index contributed by atoms with van der Waals surface area (Å²) in [6.07, 6.45) is 1.48. The van der Waals surface area contributed by atoms with Crippen molar-refractivity contribution in [2.75, 3.05) is 18.6 Å². The highest BCUT2D eigenvalue weighted by atomic mass is 16.5. The fourth-order valence-electron chi connectivity index (χ4n) is 3.56. The highest BCUT2D eigenvalue weighted by molar-refractivity contribution is 6.07. The lowest BCUT2D eigenvalue weighted by Gasteiger charge is -2.30. The summed E-state index contributed by atoms with van der Waals surface area (Å²) >= 11 is 0. The molecule has 6 heteroatoms. The Labute approximate surface area is 162 Å². The van der Waals surface area contributed by atoms with Crippen molar-refractivity contribution < 1.29 is 18.7 Å². The molecule has 0 fully saturated rings. The van der Waals surface area contributed by atoms with Crippen molar-refractivity contribution in [2.24, 2.45) is 0 Å². The molecule has 2 aromatic carbocycles. The summed E-state index contributed by atoms with van der Waals surface area (Å²) in [6, 6.07) is 14.8. The Morgan fingerprint density at radius 3 is 2.64 bits per heavy atom. The number of benzene rings is 2. The Balaban J connectivity index is 1.71. The third-order valence-electron chi connectivity index (χ3n) is 4.92. The minimum atomic E-state index is -0.393. The molecule has 0 spiro atoms. The maximum Gasteiger partial charge on any atom is 0.338 e. The number of methoxy groups -OCH3 is 1. The molecule has 142 valence electrons. The van der Waals surface area contributed by atoms with E-state index in [1.54, 1.807) is 24.0 Å². The molecule has 1 aliphatic heterocycles. The van der Waals surface area contributed by atoms with Gasteiger partial charge in [-0.25, -0.2) is 9.78 Å². The number of ether oxygens (including phenoxy) is 1. The van der Waals surface area contributed by atoms with Gasteiger partial charge in [-0.1, -0.05) is 24.3 Å². The smallest absolute Gasteiger partial charge is 0.338 e. The van der Waals surface area contributed by atoms with E-state index in [1.807, 2.05) is 36.4 Å². The van der Waals surface area contributed by atoms with Gasteiger partial charge in [-0.15, -0.1) is 0 Å². The van der Waals surface area contributed by atoms with Gasteiger partial charge in [0.1, 0.15) is 5.76 Å². The van der Waals surface area contributed by atoms with Crippen LogP contribution in [0.5, 0.6) is 0 Å². The zero-order valence-corrected chi connectivity index (χ0v) is 15.8. The van der Waals surface area contributed by atoms with Crippen LogP contribution in [0, 0.1) is 6.92 Å². The molecule has 0 saturated carbocycles. The second-order valence-corrected chi connectivity index (χ2v) is 6.65. The van der Waals surface area contributed by atoms with Gasteiger partial charge in [-0.05, 0) is 49.6 Å². The van der Waals surface area contributed by atoms with Gasteiger partial charge in [0, 0.05) is 17.8 Å². The maximum absolute atomic E-state index is 13.3. The second kappa shape index (κ2) is 7.31. The quantitative estimate of drug-likeness (QED) is 0.645. The molecule has 0 unspecified atom stereocenters. The first-order chi connectivity index (χ1) is 13.6. The largest absolute Gasteiger partial charge is 0.465 e. The predicted molar refractivity (Wildman–Crippen MR) is 104 cm³/mol. The van der Waals surface area contributed by atoms with Crippen LogP contribution in [0.25, 0.3) is 11.5 Å². The summed E-state index contributed by atoms with van der Waals surface area (Å²) in [4.78, 5) is 31.5. The third kappa shape index (κ3) is 3.07. The number of nitrogens with zero attached hydrogens (tertiary/aromatic N) is 2. The van der Waals surface area contributed by atoms with E-state index in [0.29, 0.717) is 23.8 Å². The molecule has 0 aliphatic carbocycles. The number of hydrogen-bond acceptors (Lipinski definition) is 5. The van der Waals surface area contributed by atoms with Crippen molar-refractivity contribution in [3.63, 3.8) is 0 Å². The average Bonchev–Trinajstić information content (AvgIpc) is 3.14. The summed E-state index contributed by atoms with van der Waals surface area (Å²) < 4.78 is 10.6. The zero-order chi connectivity index (χ0) is 19.7. The van der Waals surface area contributed by atoms with E-state index >= 15 is 0 Å². The zero-order valence-electron chi connectivity index (χ0n) is 15.8. The summed E-state index contributed by atoms with van der Waals surface area (Å²) in [5, 5.41) is 0. The number of anilines is 1. The molecule has 1 aliphatic rings. The van der Waals surface area contributed by atoms with E-state index < -0.39 is 5.97 Å². The van der Waals surface area contributed by atoms with E-state index in [1.165, 1.54) is 7.11 Å². The number of hydrogen-bond donors (Lipinski definition) is 0. The summed E-state index contributed by atoms with van der Waals surface area (Å²) in [5.41, 5.74) is 3.16. The lowest BCUT2D eigenvalue weighted by atomic mass is 9.96. The average molecular weight is 376 g/mol. The number of fused-ring (bicyclic) bond motifs is 1. The molecule has 28 heavy (non-hydrogen) atoms. The van der Waals surface area contributed by atoms with E-state index in [2.05, 4.69) is 4.98 Å². The summed E-state index contributed by atoms with van der Waals surface area (Å²) in [5.74, 6) is 0.267. The van der Waals surface area contributed by atoms with Crippen LogP contribution in [-0.4, -0.2) is 30.5 Å². The van der Waals surface area contributed by atoms with Gasteiger partial charge in [0.15, 0.2) is 5.69 Å². The van der Waals surface area contributed by atoms with Crippen LogP contribution in [0.3, 0.4) is 0 Å². The molecule has 0 saturated heterocycles. The number of rotatable bonds is 3. The van der Waals surface area contributed by atoms with Crippen LogP contribution in [-0.2, 0) is 11.2 Å². The van der Waals surface area contributed by atoms with E-state index in [0.717, 1.165) is 29.7 Å². The van der Waals surface area contributed by atoms with Gasteiger partial charge >= 0.3 is 5.97 Å². The standard InChI is InChI=1S/C22H20N2O4/c1-14-19(23-20(28-14)15-8-4-3-5-9-15)21(25)24-13-7-11-16-17(22(26)27-2)10-6-12-18(16)24/h3-6,8-10,12H,7,11,13H2,1-2H3. The first-order valence-electron chi connectivity index (χ1n) is 9.15. The molecule has 4 rings (SSSR count). The number of aryl methyl sites for hydroxylation is 1. The number of esters is 1. The molecular weight excluding hydrogens is 356 g/mol. The number of oxazole rings is 1. The second-order valence-electron chi connectivity index (χ2n) is 6.65. The molecule has 0 bridgehead atoms. The molecule has 0 N–H and O–H groups in total. The molecule has 6 nitrogen and oxygen atoms in total. The van der Waals surface area contributed by atoms with Crippen LogP contribution in [0.2, 0.25) is 0 Å². The van der Waals surface area contributed by atoms with Crippen LogP contribution < -0.4 is 4.90 Å². The molecule has 0 atom stereocenters. The molecule has 0 radical (unpaired) electrons. The topological polar surface area (TPSA) is 72.6 Å². The van der Waals surface area contributed by atoms with Crippen molar-refractivity contribution in [1.29, 1.82) is 0 Å². The van der Waals surface area contributed by atoms with Gasteiger partial charge in [0.05, 0.1) is 12.7 Å². The highest BCUT2D eigenvalue weighted by Gasteiger charge is 2.30. The van der Waals surface area contributed by atoms with Crippen molar-refractivity contribution >= 4 is 17.6 Å². The van der Waals surface area contributed by atoms with Gasteiger partial charge < -0.3 is 14.1 Å². The Bertz CT molecular complexity index is 1040. The third-order valence-corrected chi connectivity index (χ3v) is 4.92. The van der Waals surface area contributed by atoms with Crippen LogP contribution in [0.4, 0.5) is 5.69 Å². The van der Waals surface area contributed by atoms with Gasteiger partial charge in [0.2, 0.25) is 5.89 Å². The fraction of sp³-hybridized carbons (Fsp3) is 0.227. The minimum Gasteiger partial charge on any atom is -0.465 e. The van der Waals surface area contributed by atoms with Crippen molar-refractivity contribution in [1.82, 2.24) is 4.98 Å². The van der Waals surface area contributed by atoms with Crippen molar-refractivity contribution in [2.45, 2.75) is 19.8 Å². The Hall–Kier alpha value is -3.41. The molecule has 1 aromatic heterocycles. The molecule has 1 amide bonds. The van der Waals surface area contributed by atoms with Gasteiger partial charge in [-0.2, -0.15) is 0 Å². The van der Waals surface area contributed by atoms with Crippen LogP contribution >= 0.6 is 0 Å². The lowest BCUT2D eigenvalue weighted by Crippen LogP contribution is -2.36. The fourth-order valence-corrected chi connectivity index (χ4v) is 3.56. The van der Waals surface area contributed by atoms with Gasteiger partial charge in [0.25, 0.3) is 5.91 Å². The van der Waals surface area contributed by atoms with Crippen molar-refractivity contribution in [3.8, 4) is 11.5 Å². The normalized spacial score (nSPS) is 13.1. The number of carbonyl (C=O) groups excluding carboxylic acids is 2.